The van der Waals surface area contributed by atoms with Gasteiger partial charge in [-0.1, -0.05) is 148 Å². The Bertz CT molecular complexity index is 2320. The predicted octanol–water partition coefficient (Wildman–Crippen LogP) is 12.1. The van der Waals surface area contributed by atoms with Gasteiger partial charge in [0.05, 0.1) is 0 Å². The minimum absolute atomic E-state index is 0.0380. The fraction of sp³-hybridized carbons (Fsp3) is 0.0952. The maximum Gasteiger partial charge on any atom is -0.00201 e. The Labute approximate surface area is 246 Å². The lowest BCUT2D eigenvalue weighted by Crippen LogP contribution is -2.10. The molecule has 42 heavy (non-hydrogen) atoms. The summed E-state index contributed by atoms with van der Waals surface area (Å²) in [6, 6.07) is 51.9. The zero-order chi connectivity index (χ0) is 28.4. The van der Waals surface area contributed by atoms with Gasteiger partial charge in [-0.2, -0.15) is 0 Å². The second-order valence-electron chi connectivity index (χ2n) is 12.6. The van der Waals surface area contributed by atoms with Crippen molar-refractivity contribution in [1.82, 2.24) is 0 Å². The Morgan fingerprint density at radius 3 is 1.64 bits per heavy atom. The highest BCUT2D eigenvalue weighted by atomic mass is 14.2. The summed E-state index contributed by atoms with van der Waals surface area (Å²) in [4.78, 5) is 0. The Morgan fingerprint density at radius 1 is 0.357 bits per heavy atom. The summed E-state index contributed by atoms with van der Waals surface area (Å²) >= 11 is 0. The van der Waals surface area contributed by atoms with Crippen LogP contribution in [0.25, 0.3) is 76.1 Å². The third-order valence-corrected chi connectivity index (χ3v) is 8.98. The topological polar surface area (TPSA) is 0 Å². The molecule has 0 unspecified atom stereocenters. The Balaban J connectivity index is 1.55. The number of hydrogen-bond donors (Lipinski definition) is 0. The van der Waals surface area contributed by atoms with Gasteiger partial charge in [0.1, 0.15) is 0 Å². The third-order valence-electron chi connectivity index (χ3n) is 8.98. The van der Waals surface area contributed by atoms with Crippen LogP contribution in [-0.2, 0) is 5.41 Å². The van der Waals surface area contributed by atoms with E-state index in [-0.39, 0.29) is 5.41 Å². The molecule has 0 N–H and O–H groups in total. The van der Waals surface area contributed by atoms with Gasteiger partial charge >= 0.3 is 0 Å². The smallest absolute Gasteiger partial charge is 0.00201 e. The molecule has 200 valence electrons. The Kier molecular flexibility index (Phi) is 5.49. The second-order valence-corrected chi connectivity index (χ2v) is 12.6. The van der Waals surface area contributed by atoms with Gasteiger partial charge in [0.2, 0.25) is 0 Å². The molecule has 0 amide bonds. The zero-order valence-electron chi connectivity index (χ0n) is 24.3. The van der Waals surface area contributed by atoms with E-state index in [9.17, 15) is 0 Å². The average molecular weight is 537 g/mol. The van der Waals surface area contributed by atoms with Crippen LogP contribution in [-0.4, -0.2) is 0 Å². The molecule has 0 aliphatic carbocycles. The monoisotopic (exact) mass is 536 g/mol. The van der Waals surface area contributed by atoms with Gasteiger partial charge < -0.3 is 0 Å². The van der Waals surface area contributed by atoms with Crippen LogP contribution in [0.15, 0.2) is 140 Å². The molecule has 0 heteroatoms. The van der Waals surface area contributed by atoms with Gasteiger partial charge in [-0.15, -0.1) is 0 Å². The van der Waals surface area contributed by atoms with E-state index in [0.717, 1.165) is 0 Å². The van der Waals surface area contributed by atoms with Crippen molar-refractivity contribution in [2.75, 3.05) is 0 Å². The van der Waals surface area contributed by atoms with E-state index in [1.54, 1.807) is 0 Å². The molecule has 8 rings (SSSR count). The maximum absolute atomic E-state index is 2.46. The number of rotatable bonds is 2. The summed E-state index contributed by atoms with van der Waals surface area (Å²) in [6.45, 7) is 6.92. The molecule has 0 nitrogen and oxygen atoms in total. The van der Waals surface area contributed by atoms with E-state index in [0.29, 0.717) is 0 Å². The predicted molar refractivity (Wildman–Crippen MR) is 184 cm³/mol. The minimum atomic E-state index is 0.0380. The molecule has 0 bridgehead atoms. The van der Waals surface area contributed by atoms with Crippen LogP contribution in [0.5, 0.6) is 0 Å². The van der Waals surface area contributed by atoms with Crippen LogP contribution in [0.1, 0.15) is 26.3 Å². The van der Waals surface area contributed by atoms with E-state index < -0.39 is 0 Å². The first-order chi connectivity index (χ1) is 20.5. The highest BCUT2D eigenvalue weighted by molar-refractivity contribution is 6.24. The third kappa shape index (κ3) is 3.83. The van der Waals surface area contributed by atoms with E-state index in [2.05, 4.69) is 160 Å². The standard InChI is InChI=1S/C42H32/c1-42(2,3)31-23-24-37-39(26-31)40(30-22-21-29-20-19-28-12-5-7-15-33(28)38(29)25-30)35-16-8-9-17-36(35)41(37)34-18-10-13-27-11-4-6-14-32(27)34/h4-26H,1-3H3. The van der Waals surface area contributed by atoms with Gasteiger partial charge in [0, 0.05) is 0 Å². The fourth-order valence-electron chi connectivity index (χ4n) is 6.85. The van der Waals surface area contributed by atoms with E-state index in [1.165, 1.54) is 81.7 Å². The van der Waals surface area contributed by atoms with Crippen molar-refractivity contribution in [1.29, 1.82) is 0 Å². The summed E-state index contributed by atoms with van der Waals surface area (Å²) in [6.07, 6.45) is 0. The molecule has 0 atom stereocenters. The van der Waals surface area contributed by atoms with Crippen LogP contribution in [0.3, 0.4) is 0 Å². The summed E-state index contributed by atoms with van der Waals surface area (Å²) in [5.41, 5.74) is 6.56. The van der Waals surface area contributed by atoms with Gasteiger partial charge in [-0.3, -0.25) is 0 Å². The molecule has 0 spiro atoms. The van der Waals surface area contributed by atoms with Gasteiger partial charge in [0.25, 0.3) is 0 Å². The number of hydrogen-bond acceptors (Lipinski definition) is 0. The molecule has 8 aromatic rings. The van der Waals surface area contributed by atoms with Gasteiger partial charge in [-0.05, 0) is 99.2 Å². The average Bonchev–Trinajstić information content (AvgIpc) is 3.02. The van der Waals surface area contributed by atoms with E-state index >= 15 is 0 Å². The minimum Gasteiger partial charge on any atom is -0.0616 e. The lowest BCUT2D eigenvalue weighted by molar-refractivity contribution is 0.591. The SMILES string of the molecule is CC(C)(C)c1ccc2c(-c3cccc4ccccc34)c3ccccc3c(-c3ccc4ccc5ccccc5c4c3)c2c1. The van der Waals surface area contributed by atoms with Gasteiger partial charge in [-0.25, -0.2) is 0 Å². The Hall–Kier alpha value is -4.94. The molecule has 0 aliphatic rings. The Morgan fingerprint density at radius 2 is 0.905 bits per heavy atom. The summed E-state index contributed by atoms with van der Waals surface area (Å²) in [5.74, 6) is 0. The molecule has 0 saturated carbocycles. The largest absolute Gasteiger partial charge is 0.0616 e. The number of benzene rings is 8. The van der Waals surface area contributed by atoms with Crippen LogP contribution >= 0.6 is 0 Å². The van der Waals surface area contributed by atoms with Crippen LogP contribution in [0.4, 0.5) is 0 Å². The first-order valence-corrected chi connectivity index (χ1v) is 14.9. The molecule has 0 heterocycles. The maximum atomic E-state index is 2.46. The second kappa shape index (κ2) is 9.29. The number of fused-ring (bicyclic) bond motifs is 6. The van der Waals surface area contributed by atoms with Crippen molar-refractivity contribution < 1.29 is 0 Å². The van der Waals surface area contributed by atoms with Crippen LogP contribution in [0, 0.1) is 0 Å². The van der Waals surface area contributed by atoms with Crippen LogP contribution in [0.2, 0.25) is 0 Å². The first kappa shape index (κ1) is 24.8. The summed E-state index contributed by atoms with van der Waals surface area (Å²) < 4.78 is 0. The lowest BCUT2D eigenvalue weighted by Gasteiger charge is -2.23. The quantitative estimate of drug-likeness (QED) is 0.152. The van der Waals surface area contributed by atoms with Crippen molar-refractivity contribution in [2.45, 2.75) is 26.2 Å². The van der Waals surface area contributed by atoms with Crippen molar-refractivity contribution in [3.05, 3.63) is 145 Å². The highest BCUT2D eigenvalue weighted by Crippen LogP contribution is 2.46. The first-order valence-electron chi connectivity index (χ1n) is 14.9. The normalized spacial score (nSPS) is 12.2. The van der Waals surface area contributed by atoms with E-state index in [4.69, 9.17) is 0 Å². The fourth-order valence-corrected chi connectivity index (χ4v) is 6.85. The van der Waals surface area contributed by atoms with Crippen molar-refractivity contribution >= 4 is 53.9 Å². The van der Waals surface area contributed by atoms with Crippen molar-refractivity contribution in [3.8, 4) is 22.3 Å². The summed E-state index contributed by atoms with van der Waals surface area (Å²) in [5, 5.41) is 12.9. The molecule has 0 radical (unpaired) electrons. The van der Waals surface area contributed by atoms with Crippen molar-refractivity contribution in [3.63, 3.8) is 0 Å². The molecule has 8 aromatic carbocycles. The molecule has 0 fully saturated rings. The molecule has 0 saturated heterocycles. The molecule has 0 aromatic heterocycles. The molecule has 0 aliphatic heterocycles. The van der Waals surface area contributed by atoms with E-state index in [1.807, 2.05) is 0 Å². The molecular formula is C42H32. The lowest BCUT2D eigenvalue weighted by atomic mass is 9.80. The summed E-state index contributed by atoms with van der Waals surface area (Å²) in [7, 11) is 0. The highest BCUT2D eigenvalue weighted by Gasteiger charge is 2.21. The zero-order valence-corrected chi connectivity index (χ0v) is 24.3. The van der Waals surface area contributed by atoms with Crippen LogP contribution < -0.4 is 0 Å². The van der Waals surface area contributed by atoms with Gasteiger partial charge in [0.15, 0.2) is 0 Å². The van der Waals surface area contributed by atoms with Crippen molar-refractivity contribution in [2.24, 2.45) is 0 Å². The molecular weight excluding hydrogens is 504 g/mol.